The number of anilines is 2. The van der Waals surface area contributed by atoms with Crippen LogP contribution in [-0.2, 0) is 4.79 Å². The molecule has 0 aliphatic carbocycles. The maximum absolute atomic E-state index is 12.6. The normalized spacial score (nSPS) is 13.1. The molecule has 0 saturated heterocycles. The molecule has 4 nitrogen and oxygen atoms in total. The number of para-hydroxylation sites is 1. The Balaban J connectivity index is 2.14. The molecule has 0 unspecified atom stereocenters. The Bertz CT molecular complexity index is 733. The first-order valence-corrected chi connectivity index (χ1v) is 8.95. The van der Waals surface area contributed by atoms with Gasteiger partial charge in [0.25, 0.3) is 5.91 Å². The summed E-state index contributed by atoms with van der Waals surface area (Å²) in [5.41, 5.74) is 7.93. The number of hydrogen-bond donors (Lipinski definition) is 2. The fraction of sp³-hybridized carbons (Fsp3) is 0.350. The first kappa shape index (κ1) is 19.1. The van der Waals surface area contributed by atoms with Gasteiger partial charge in [0.05, 0.1) is 10.7 Å². The van der Waals surface area contributed by atoms with Crippen molar-refractivity contribution in [2.75, 3.05) is 11.1 Å². The van der Waals surface area contributed by atoms with Crippen molar-refractivity contribution in [3.63, 3.8) is 0 Å². The quantitative estimate of drug-likeness (QED) is 0.664. The Hall–Kier alpha value is -2.20. The van der Waals surface area contributed by atoms with Crippen molar-refractivity contribution in [3.05, 3.63) is 53.1 Å². The molecule has 2 aromatic rings. The molecule has 134 valence electrons. The smallest absolute Gasteiger partial charge is 0.265 e. The van der Waals surface area contributed by atoms with Crippen LogP contribution in [0.1, 0.15) is 45.1 Å². The van der Waals surface area contributed by atoms with Gasteiger partial charge in [0.1, 0.15) is 5.75 Å². The summed E-state index contributed by atoms with van der Waals surface area (Å²) in [6, 6.07) is 12.9. The van der Waals surface area contributed by atoms with Gasteiger partial charge in [-0.05, 0) is 48.6 Å². The van der Waals surface area contributed by atoms with E-state index in [9.17, 15) is 4.79 Å². The van der Waals surface area contributed by atoms with Crippen molar-refractivity contribution in [1.29, 1.82) is 0 Å². The summed E-state index contributed by atoms with van der Waals surface area (Å²) in [5, 5.41) is 3.30. The van der Waals surface area contributed by atoms with Gasteiger partial charge >= 0.3 is 0 Å². The summed E-state index contributed by atoms with van der Waals surface area (Å²) in [6.07, 6.45) is 0.985. The molecule has 1 amide bonds. The van der Waals surface area contributed by atoms with Crippen LogP contribution in [0.2, 0.25) is 5.02 Å². The molecule has 5 heteroatoms. The van der Waals surface area contributed by atoms with E-state index in [2.05, 4.69) is 19.2 Å². The Morgan fingerprint density at radius 1 is 1.20 bits per heavy atom. The highest BCUT2D eigenvalue weighted by Gasteiger charge is 2.21. The summed E-state index contributed by atoms with van der Waals surface area (Å²) in [6.45, 7) is 6.21. The number of nitrogens with two attached hydrogens (primary N) is 1. The molecule has 0 fully saturated rings. The van der Waals surface area contributed by atoms with Gasteiger partial charge in [-0.1, -0.05) is 50.6 Å². The largest absolute Gasteiger partial charge is 0.480 e. The molecule has 0 radical (unpaired) electrons. The zero-order chi connectivity index (χ0) is 18.4. The molecule has 25 heavy (non-hydrogen) atoms. The number of halogens is 1. The summed E-state index contributed by atoms with van der Waals surface area (Å²) < 4.78 is 6.04. The summed E-state index contributed by atoms with van der Waals surface area (Å²) in [4.78, 5) is 12.6. The number of carbonyl (C=O) groups excluding carboxylic acids is 1. The minimum atomic E-state index is -0.581. The van der Waals surface area contributed by atoms with E-state index >= 15 is 0 Å². The second kappa shape index (κ2) is 8.77. The van der Waals surface area contributed by atoms with Crippen LogP contribution in [0.3, 0.4) is 0 Å². The minimum Gasteiger partial charge on any atom is -0.480 e. The van der Waals surface area contributed by atoms with Gasteiger partial charge in [-0.15, -0.1) is 0 Å². The van der Waals surface area contributed by atoms with Gasteiger partial charge in [0.15, 0.2) is 6.10 Å². The molecule has 0 bridgehead atoms. The van der Waals surface area contributed by atoms with Gasteiger partial charge in [-0.25, -0.2) is 0 Å². The molecule has 0 aromatic heterocycles. The number of nitrogen functional groups attached to an aromatic ring is 1. The molecule has 0 heterocycles. The van der Waals surface area contributed by atoms with E-state index in [1.165, 1.54) is 0 Å². The third kappa shape index (κ3) is 4.89. The second-order valence-electron chi connectivity index (χ2n) is 6.09. The van der Waals surface area contributed by atoms with Crippen molar-refractivity contribution in [2.24, 2.45) is 0 Å². The van der Waals surface area contributed by atoms with Crippen LogP contribution in [0, 0.1) is 0 Å². The highest BCUT2D eigenvalue weighted by atomic mass is 35.5. The third-order valence-electron chi connectivity index (χ3n) is 4.26. The number of amides is 1. The lowest BCUT2D eigenvalue weighted by atomic mass is 9.98. The molecule has 2 aromatic carbocycles. The van der Waals surface area contributed by atoms with Crippen molar-refractivity contribution in [1.82, 2.24) is 0 Å². The molecule has 0 saturated carbocycles. The van der Waals surface area contributed by atoms with E-state index in [1.54, 1.807) is 18.2 Å². The van der Waals surface area contributed by atoms with Gasteiger partial charge in [-0.3, -0.25) is 4.79 Å². The van der Waals surface area contributed by atoms with Crippen LogP contribution in [0.5, 0.6) is 5.75 Å². The SMILES string of the molecule is CC[C@@H](C)c1ccccc1O[C@H](CC)C(=O)Nc1ccc(Cl)c(N)c1. The fourth-order valence-corrected chi connectivity index (χ4v) is 2.65. The third-order valence-corrected chi connectivity index (χ3v) is 4.60. The molecule has 0 aliphatic heterocycles. The topological polar surface area (TPSA) is 64.3 Å². The predicted octanol–water partition coefficient (Wildman–Crippen LogP) is 5.23. The van der Waals surface area contributed by atoms with Gasteiger partial charge in [-0.2, -0.15) is 0 Å². The van der Waals surface area contributed by atoms with Crippen molar-refractivity contribution in [3.8, 4) is 5.75 Å². The Kier molecular flexibility index (Phi) is 6.71. The molecule has 0 spiro atoms. The minimum absolute atomic E-state index is 0.205. The van der Waals surface area contributed by atoms with Crippen molar-refractivity contribution < 1.29 is 9.53 Å². The lowest BCUT2D eigenvalue weighted by Gasteiger charge is -2.21. The predicted molar refractivity (Wildman–Crippen MR) is 104 cm³/mol. The Morgan fingerprint density at radius 3 is 2.56 bits per heavy atom. The van der Waals surface area contributed by atoms with E-state index < -0.39 is 6.10 Å². The van der Waals surface area contributed by atoms with E-state index in [1.807, 2.05) is 31.2 Å². The van der Waals surface area contributed by atoms with Crippen LogP contribution < -0.4 is 15.8 Å². The van der Waals surface area contributed by atoms with E-state index in [0.29, 0.717) is 28.7 Å². The fourth-order valence-electron chi connectivity index (χ4n) is 2.53. The lowest BCUT2D eigenvalue weighted by molar-refractivity contribution is -0.122. The molecule has 3 N–H and O–H groups in total. The number of benzene rings is 2. The number of carbonyl (C=O) groups is 1. The van der Waals surface area contributed by atoms with Crippen LogP contribution in [0.15, 0.2) is 42.5 Å². The monoisotopic (exact) mass is 360 g/mol. The highest BCUT2D eigenvalue weighted by molar-refractivity contribution is 6.33. The number of rotatable bonds is 7. The molecule has 2 rings (SSSR count). The van der Waals surface area contributed by atoms with Crippen LogP contribution in [0.25, 0.3) is 0 Å². The molecular weight excluding hydrogens is 336 g/mol. The van der Waals surface area contributed by atoms with Crippen molar-refractivity contribution in [2.45, 2.75) is 45.6 Å². The maximum atomic E-state index is 12.6. The van der Waals surface area contributed by atoms with Gasteiger partial charge in [0.2, 0.25) is 0 Å². The summed E-state index contributed by atoms with van der Waals surface area (Å²) in [5.74, 6) is 0.922. The Labute approximate surface area is 154 Å². The number of nitrogens with one attached hydrogen (secondary N) is 1. The summed E-state index contributed by atoms with van der Waals surface area (Å²) in [7, 11) is 0. The Morgan fingerprint density at radius 2 is 1.92 bits per heavy atom. The molecule has 2 atom stereocenters. The van der Waals surface area contributed by atoms with E-state index in [0.717, 1.165) is 17.7 Å². The van der Waals surface area contributed by atoms with Crippen molar-refractivity contribution >= 4 is 28.9 Å². The first-order chi connectivity index (χ1) is 12.0. The van der Waals surface area contributed by atoms with Crippen LogP contribution in [-0.4, -0.2) is 12.0 Å². The standard InChI is InChI=1S/C20H25ClN2O2/c1-4-13(3)15-8-6-7-9-19(15)25-18(5-2)20(24)23-14-10-11-16(21)17(22)12-14/h6-13,18H,4-5,22H2,1-3H3,(H,23,24)/t13-,18-/m1/s1. The summed E-state index contributed by atoms with van der Waals surface area (Å²) >= 11 is 5.91. The number of hydrogen-bond acceptors (Lipinski definition) is 3. The van der Waals surface area contributed by atoms with Crippen LogP contribution in [0.4, 0.5) is 11.4 Å². The molecular formula is C20H25ClN2O2. The zero-order valence-electron chi connectivity index (χ0n) is 14.9. The zero-order valence-corrected chi connectivity index (χ0v) is 15.6. The second-order valence-corrected chi connectivity index (χ2v) is 6.49. The van der Waals surface area contributed by atoms with E-state index in [4.69, 9.17) is 22.1 Å². The maximum Gasteiger partial charge on any atom is 0.265 e. The average molecular weight is 361 g/mol. The number of ether oxygens (including phenoxy) is 1. The van der Waals surface area contributed by atoms with Gasteiger partial charge in [0, 0.05) is 5.69 Å². The first-order valence-electron chi connectivity index (χ1n) is 8.57. The van der Waals surface area contributed by atoms with Crippen LogP contribution >= 0.6 is 11.6 Å². The molecule has 0 aliphatic rings. The lowest BCUT2D eigenvalue weighted by Crippen LogP contribution is -2.32. The highest BCUT2D eigenvalue weighted by Crippen LogP contribution is 2.30. The van der Waals surface area contributed by atoms with E-state index in [-0.39, 0.29) is 5.91 Å². The van der Waals surface area contributed by atoms with Gasteiger partial charge < -0.3 is 15.8 Å². The average Bonchev–Trinajstić information content (AvgIpc) is 2.62.